The van der Waals surface area contributed by atoms with Gasteiger partial charge in [0.25, 0.3) is 0 Å². The molecule has 4 rings (SSSR count). The van der Waals surface area contributed by atoms with Crippen LogP contribution in [0, 0.1) is 5.92 Å². The van der Waals surface area contributed by atoms with Crippen LogP contribution in [0.25, 0.3) is 11.0 Å². The first-order valence-electron chi connectivity index (χ1n) is 7.59. The van der Waals surface area contributed by atoms with Crippen molar-refractivity contribution in [2.75, 3.05) is 18.5 Å². The lowest BCUT2D eigenvalue weighted by Gasteiger charge is -2.18. The van der Waals surface area contributed by atoms with E-state index in [0.29, 0.717) is 5.92 Å². The van der Waals surface area contributed by atoms with Gasteiger partial charge in [-0.05, 0) is 18.6 Å². The average molecular weight is 297 g/mol. The van der Waals surface area contributed by atoms with Crippen LogP contribution in [0.1, 0.15) is 18.3 Å². The van der Waals surface area contributed by atoms with Crippen LogP contribution in [0.2, 0.25) is 0 Å². The van der Waals surface area contributed by atoms with Crippen molar-refractivity contribution in [3.8, 4) is 0 Å². The molecule has 3 heterocycles. The number of ether oxygens (including phenoxy) is 1. The average Bonchev–Trinajstić information content (AvgIpc) is 3.23. The van der Waals surface area contributed by atoms with Crippen LogP contribution in [-0.2, 0) is 11.8 Å². The van der Waals surface area contributed by atoms with E-state index in [4.69, 9.17) is 4.74 Å². The largest absolute Gasteiger partial charge is 0.370 e. The van der Waals surface area contributed by atoms with Gasteiger partial charge in [-0.3, -0.25) is 0 Å². The number of aryl methyl sites for hydroxylation is 1. The molecule has 6 heteroatoms. The second-order valence-electron chi connectivity index (χ2n) is 5.72. The van der Waals surface area contributed by atoms with Crippen LogP contribution in [0.5, 0.6) is 0 Å². The molecule has 0 unspecified atom stereocenters. The molecule has 2 aromatic heterocycles. The molecule has 2 N–H and O–H groups in total. The Balaban J connectivity index is 1.47. The Morgan fingerprint density at radius 1 is 1.41 bits per heavy atom. The smallest absolute Gasteiger partial charge is 0.201 e. The third kappa shape index (κ3) is 2.35. The lowest BCUT2D eigenvalue weighted by molar-refractivity contribution is 0.0839. The zero-order valence-corrected chi connectivity index (χ0v) is 12.5. The predicted molar refractivity (Wildman–Crippen MR) is 84.6 cm³/mol. The molecule has 2 atom stereocenters. The standard InChI is InChI=1S/C16H19N5O/c1-21-8-7-17-15(21)14-11(6-9-22-14)10-18-16-19-12-4-2-3-5-13(12)20-16/h2-5,7-8,11,14H,6,9-10H2,1H3,(H2,18,19,20)/t11-,14+/m0/s1. The second kappa shape index (κ2) is 5.46. The van der Waals surface area contributed by atoms with Crippen molar-refractivity contribution in [2.24, 2.45) is 13.0 Å². The van der Waals surface area contributed by atoms with Gasteiger partial charge in [0.1, 0.15) is 11.9 Å². The molecule has 1 aromatic carbocycles. The van der Waals surface area contributed by atoms with Crippen molar-refractivity contribution in [2.45, 2.75) is 12.5 Å². The monoisotopic (exact) mass is 297 g/mol. The summed E-state index contributed by atoms with van der Waals surface area (Å²) in [6, 6.07) is 8.04. The number of anilines is 1. The third-order valence-corrected chi connectivity index (χ3v) is 4.25. The molecule has 6 nitrogen and oxygen atoms in total. The summed E-state index contributed by atoms with van der Waals surface area (Å²) >= 11 is 0. The van der Waals surface area contributed by atoms with Gasteiger partial charge in [-0.15, -0.1) is 0 Å². The highest BCUT2D eigenvalue weighted by molar-refractivity contribution is 5.77. The Labute approximate surface area is 128 Å². The quantitative estimate of drug-likeness (QED) is 0.776. The van der Waals surface area contributed by atoms with E-state index in [1.54, 1.807) is 0 Å². The second-order valence-corrected chi connectivity index (χ2v) is 5.72. The van der Waals surface area contributed by atoms with Gasteiger partial charge >= 0.3 is 0 Å². The molecular formula is C16H19N5O. The van der Waals surface area contributed by atoms with Gasteiger partial charge in [-0.25, -0.2) is 9.97 Å². The summed E-state index contributed by atoms with van der Waals surface area (Å²) in [5, 5.41) is 3.40. The minimum Gasteiger partial charge on any atom is -0.370 e. The van der Waals surface area contributed by atoms with E-state index in [1.165, 1.54) is 0 Å². The number of rotatable bonds is 4. The number of benzene rings is 1. The Hall–Kier alpha value is -2.34. The number of hydrogen-bond acceptors (Lipinski definition) is 4. The van der Waals surface area contributed by atoms with Crippen molar-refractivity contribution in [3.05, 3.63) is 42.5 Å². The molecule has 1 fully saturated rings. The summed E-state index contributed by atoms with van der Waals surface area (Å²) in [6.07, 6.45) is 4.86. The predicted octanol–water partition coefficient (Wildman–Crippen LogP) is 2.49. The Bertz CT molecular complexity index is 745. The Morgan fingerprint density at radius 3 is 3.14 bits per heavy atom. The summed E-state index contributed by atoms with van der Waals surface area (Å²) in [7, 11) is 2.01. The lowest BCUT2D eigenvalue weighted by Crippen LogP contribution is -2.20. The molecule has 1 saturated heterocycles. The Kier molecular flexibility index (Phi) is 3.31. The van der Waals surface area contributed by atoms with E-state index in [2.05, 4.69) is 20.3 Å². The van der Waals surface area contributed by atoms with Gasteiger partial charge < -0.3 is 19.6 Å². The number of nitrogens with zero attached hydrogens (tertiary/aromatic N) is 3. The van der Waals surface area contributed by atoms with Crippen LogP contribution in [-0.4, -0.2) is 32.7 Å². The van der Waals surface area contributed by atoms with E-state index in [9.17, 15) is 0 Å². The zero-order valence-electron chi connectivity index (χ0n) is 12.5. The number of para-hydroxylation sites is 2. The number of H-pyrrole nitrogens is 1. The summed E-state index contributed by atoms with van der Waals surface area (Å²) in [5.41, 5.74) is 2.03. The highest BCUT2D eigenvalue weighted by Gasteiger charge is 2.32. The topological polar surface area (TPSA) is 67.8 Å². The highest BCUT2D eigenvalue weighted by Crippen LogP contribution is 2.33. The van der Waals surface area contributed by atoms with Gasteiger partial charge in [0, 0.05) is 38.5 Å². The molecule has 0 aliphatic carbocycles. The Morgan fingerprint density at radius 2 is 2.32 bits per heavy atom. The van der Waals surface area contributed by atoms with Crippen molar-refractivity contribution in [1.29, 1.82) is 0 Å². The molecule has 3 aromatic rings. The number of aromatic nitrogens is 4. The molecule has 0 amide bonds. The van der Waals surface area contributed by atoms with Crippen LogP contribution >= 0.6 is 0 Å². The number of fused-ring (bicyclic) bond motifs is 1. The van der Waals surface area contributed by atoms with E-state index in [1.807, 2.05) is 48.3 Å². The van der Waals surface area contributed by atoms with E-state index in [-0.39, 0.29) is 6.10 Å². The SMILES string of the molecule is Cn1ccnc1[C@@H]1OCC[C@H]1CNc1nc2ccccc2[nH]1. The van der Waals surface area contributed by atoms with E-state index < -0.39 is 0 Å². The lowest BCUT2D eigenvalue weighted by atomic mass is 10.0. The van der Waals surface area contributed by atoms with E-state index >= 15 is 0 Å². The molecule has 0 radical (unpaired) electrons. The zero-order chi connectivity index (χ0) is 14.9. The molecule has 0 spiro atoms. The summed E-state index contributed by atoms with van der Waals surface area (Å²) < 4.78 is 7.92. The van der Waals surface area contributed by atoms with Crippen LogP contribution < -0.4 is 5.32 Å². The van der Waals surface area contributed by atoms with E-state index in [0.717, 1.165) is 42.4 Å². The van der Waals surface area contributed by atoms with Crippen molar-refractivity contribution in [1.82, 2.24) is 19.5 Å². The number of imidazole rings is 2. The first-order chi connectivity index (χ1) is 10.8. The molecular weight excluding hydrogens is 278 g/mol. The number of hydrogen-bond donors (Lipinski definition) is 2. The van der Waals surface area contributed by atoms with Gasteiger partial charge in [0.15, 0.2) is 0 Å². The minimum atomic E-state index is 0.0527. The van der Waals surface area contributed by atoms with Crippen molar-refractivity contribution >= 4 is 17.0 Å². The minimum absolute atomic E-state index is 0.0527. The first kappa shape index (κ1) is 13.3. The van der Waals surface area contributed by atoms with Gasteiger partial charge in [0.05, 0.1) is 11.0 Å². The fourth-order valence-electron chi connectivity index (χ4n) is 3.04. The van der Waals surface area contributed by atoms with Crippen molar-refractivity contribution in [3.63, 3.8) is 0 Å². The summed E-state index contributed by atoms with van der Waals surface area (Å²) in [4.78, 5) is 12.3. The molecule has 0 bridgehead atoms. The third-order valence-electron chi connectivity index (χ3n) is 4.25. The maximum Gasteiger partial charge on any atom is 0.201 e. The van der Waals surface area contributed by atoms with Crippen LogP contribution in [0.15, 0.2) is 36.7 Å². The van der Waals surface area contributed by atoms with Crippen molar-refractivity contribution < 1.29 is 4.74 Å². The fourth-order valence-corrected chi connectivity index (χ4v) is 3.04. The molecule has 1 aliphatic rings. The summed E-state index contributed by atoms with van der Waals surface area (Å²) in [6.45, 7) is 1.60. The van der Waals surface area contributed by atoms with Crippen LogP contribution in [0.4, 0.5) is 5.95 Å². The normalized spacial score (nSPS) is 21.5. The first-order valence-corrected chi connectivity index (χ1v) is 7.59. The fraction of sp³-hybridized carbons (Fsp3) is 0.375. The summed E-state index contributed by atoms with van der Waals surface area (Å²) in [5.74, 6) is 2.20. The number of nitrogens with one attached hydrogen (secondary N) is 2. The molecule has 114 valence electrons. The maximum atomic E-state index is 5.88. The van der Waals surface area contributed by atoms with Gasteiger partial charge in [-0.1, -0.05) is 12.1 Å². The highest BCUT2D eigenvalue weighted by atomic mass is 16.5. The van der Waals surface area contributed by atoms with Gasteiger partial charge in [0.2, 0.25) is 5.95 Å². The van der Waals surface area contributed by atoms with Crippen LogP contribution in [0.3, 0.4) is 0 Å². The molecule has 1 aliphatic heterocycles. The molecule has 22 heavy (non-hydrogen) atoms. The van der Waals surface area contributed by atoms with Gasteiger partial charge in [-0.2, -0.15) is 0 Å². The number of aromatic amines is 1. The molecule has 0 saturated carbocycles. The maximum absolute atomic E-state index is 5.88.